The van der Waals surface area contributed by atoms with Gasteiger partial charge in [-0.1, -0.05) is 11.3 Å². The number of amides is 2. The molecule has 9 nitrogen and oxygen atoms in total. The molecule has 0 aliphatic carbocycles. The molecule has 1 fully saturated rings. The molecular formula is C21H27N7O2S. The average Bonchev–Trinajstić information content (AvgIpc) is 3.23. The molecule has 31 heavy (non-hydrogen) atoms. The zero-order valence-corrected chi connectivity index (χ0v) is 18.9. The van der Waals surface area contributed by atoms with Gasteiger partial charge < -0.3 is 14.5 Å². The Morgan fingerprint density at radius 2 is 2.06 bits per heavy atom. The molecule has 0 spiro atoms. The molecule has 0 unspecified atom stereocenters. The topological polar surface area (TPSA) is 96.4 Å². The zero-order chi connectivity index (χ0) is 21.8. The second kappa shape index (κ2) is 9.63. The maximum Gasteiger partial charge on any atom is 0.323 e. The van der Waals surface area contributed by atoms with Crippen molar-refractivity contribution in [3.05, 3.63) is 29.5 Å². The number of carbonyl (C=O) groups excluding carboxylic acids is 1. The third kappa shape index (κ3) is 5.15. The number of nitrogens with one attached hydrogen (secondary N) is 1. The number of fused-ring (bicyclic) bond motifs is 1. The number of aryl methyl sites for hydroxylation is 1. The van der Waals surface area contributed by atoms with Crippen LogP contribution in [0.25, 0.3) is 21.5 Å². The minimum absolute atomic E-state index is 0.117. The van der Waals surface area contributed by atoms with Gasteiger partial charge in [0.15, 0.2) is 0 Å². The van der Waals surface area contributed by atoms with E-state index in [-0.39, 0.29) is 6.03 Å². The van der Waals surface area contributed by atoms with Crippen LogP contribution in [0.15, 0.2) is 24.5 Å². The van der Waals surface area contributed by atoms with Crippen molar-refractivity contribution in [2.24, 2.45) is 0 Å². The van der Waals surface area contributed by atoms with Crippen molar-refractivity contribution in [3.8, 4) is 10.6 Å². The molecule has 0 radical (unpaired) electrons. The lowest BCUT2D eigenvalue weighted by atomic mass is 10.0. The number of methoxy groups -OCH3 is 1. The summed E-state index contributed by atoms with van der Waals surface area (Å²) in [5, 5.41) is 13.8. The van der Waals surface area contributed by atoms with Crippen LogP contribution >= 0.6 is 11.3 Å². The van der Waals surface area contributed by atoms with Crippen molar-refractivity contribution >= 4 is 34.1 Å². The van der Waals surface area contributed by atoms with Gasteiger partial charge in [-0.2, -0.15) is 0 Å². The molecule has 0 saturated carbocycles. The molecule has 4 rings (SSSR count). The van der Waals surface area contributed by atoms with E-state index in [1.807, 2.05) is 24.0 Å². The van der Waals surface area contributed by atoms with Gasteiger partial charge in [0.25, 0.3) is 0 Å². The number of rotatable bonds is 6. The fourth-order valence-electron chi connectivity index (χ4n) is 3.75. The van der Waals surface area contributed by atoms with E-state index in [0.717, 1.165) is 65.6 Å². The molecule has 3 aromatic heterocycles. The minimum Gasteiger partial charge on any atom is -0.383 e. The number of likely N-dealkylation sites (N-methyl/N-ethyl adjacent to an activating group) is 1. The summed E-state index contributed by atoms with van der Waals surface area (Å²) in [6.45, 7) is 5.00. The molecule has 164 valence electrons. The number of likely N-dealkylation sites (tertiary alicyclic amines) is 1. The quantitative estimate of drug-likeness (QED) is 0.628. The standard InChI is InChI=1S/C21H27N7O2S/c1-14-25-26-20(31-14)16-10-15-11-19(23-13-18(15)22-12-16)24-21(29)28-6-4-17(5-7-28)27(2)8-9-30-3/h10-13,17H,4-9H2,1-3H3,(H,23,24,29). The van der Waals surface area contributed by atoms with E-state index in [1.54, 1.807) is 19.5 Å². The van der Waals surface area contributed by atoms with Gasteiger partial charge in [-0.05, 0) is 38.9 Å². The number of aromatic nitrogens is 4. The van der Waals surface area contributed by atoms with Crippen LogP contribution in [0.5, 0.6) is 0 Å². The fourth-order valence-corrected chi connectivity index (χ4v) is 4.42. The van der Waals surface area contributed by atoms with Gasteiger partial charge in [0, 0.05) is 49.9 Å². The molecule has 0 bridgehead atoms. The van der Waals surface area contributed by atoms with E-state index in [4.69, 9.17) is 4.74 Å². The Morgan fingerprint density at radius 3 is 2.77 bits per heavy atom. The van der Waals surface area contributed by atoms with Gasteiger partial charge in [0.2, 0.25) is 0 Å². The number of carbonyl (C=O) groups is 1. The highest BCUT2D eigenvalue weighted by Gasteiger charge is 2.25. The Balaban J connectivity index is 1.39. The van der Waals surface area contributed by atoms with E-state index in [9.17, 15) is 4.79 Å². The summed E-state index contributed by atoms with van der Waals surface area (Å²) in [5.74, 6) is 0.518. The molecule has 0 atom stereocenters. The molecule has 4 heterocycles. The number of hydrogen-bond donors (Lipinski definition) is 1. The maximum absolute atomic E-state index is 12.8. The van der Waals surface area contributed by atoms with Gasteiger partial charge in [0.1, 0.15) is 15.8 Å². The lowest BCUT2D eigenvalue weighted by Gasteiger charge is -2.36. The highest BCUT2D eigenvalue weighted by molar-refractivity contribution is 7.14. The van der Waals surface area contributed by atoms with Crippen LogP contribution in [0.3, 0.4) is 0 Å². The SMILES string of the molecule is COCCN(C)C1CCN(C(=O)Nc2cc3cc(-c4nnc(C)s4)cnc3cn2)CC1. The van der Waals surface area contributed by atoms with E-state index < -0.39 is 0 Å². The number of anilines is 1. The van der Waals surface area contributed by atoms with Gasteiger partial charge in [-0.15, -0.1) is 10.2 Å². The first kappa shape index (κ1) is 21.5. The van der Waals surface area contributed by atoms with Crippen molar-refractivity contribution in [1.82, 2.24) is 30.0 Å². The zero-order valence-electron chi connectivity index (χ0n) is 18.0. The van der Waals surface area contributed by atoms with Crippen molar-refractivity contribution < 1.29 is 9.53 Å². The second-order valence-corrected chi connectivity index (χ2v) is 8.92. The van der Waals surface area contributed by atoms with Crippen molar-refractivity contribution in [3.63, 3.8) is 0 Å². The lowest BCUT2D eigenvalue weighted by Crippen LogP contribution is -2.47. The summed E-state index contributed by atoms with van der Waals surface area (Å²) in [5.41, 5.74) is 1.67. The van der Waals surface area contributed by atoms with Gasteiger partial charge in [-0.25, -0.2) is 9.78 Å². The van der Waals surface area contributed by atoms with Crippen LogP contribution in [-0.2, 0) is 4.74 Å². The van der Waals surface area contributed by atoms with Crippen LogP contribution in [-0.4, -0.2) is 82.4 Å². The molecule has 1 aliphatic rings. The number of piperidine rings is 1. The average molecular weight is 442 g/mol. The molecule has 2 amide bonds. The number of pyridine rings is 2. The first-order chi connectivity index (χ1) is 15.0. The second-order valence-electron chi connectivity index (χ2n) is 7.73. The van der Waals surface area contributed by atoms with Gasteiger partial charge in [0.05, 0.1) is 18.3 Å². The number of nitrogens with zero attached hydrogens (tertiary/aromatic N) is 6. The summed E-state index contributed by atoms with van der Waals surface area (Å²) >= 11 is 1.52. The monoisotopic (exact) mass is 441 g/mol. The Labute approximate surface area is 185 Å². The molecular weight excluding hydrogens is 414 g/mol. The highest BCUT2D eigenvalue weighted by Crippen LogP contribution is 2.26. The smallest absolute Gasteiger partial charge is 0.323 e. The third-order valence-corrected chi connectivity index (χ3v) is 6.49. The predicted molar refractivity (Wildman–Crippen MR) is 121 cm³/mol. The maximum atomic E-state index is 12.8. The highest BCUT2D eigenvalue weighted by atomic mass is 32.1. The molecule has 1 saturated heterocycles. The number of hydrogen-bond acceptors (Lipinski definition) is 8. The van der Waals surface area contributed by atoms with E-state index in [1.165, 1.54) is 11.3 Å². The normalized spacial score (nSPS) is 15.0. The largest absolute Gasteiger partial charge is 0.383 e. The molecule has 3 aromatic rings. The van der Waals surface area contributed by atoms with Crippen LogP contribution in [0.4, 0.5) is 10.6 Å². The Hall–Kier alpha value is -2.69. The van der Waals surface area contributed by atoms with Crippen LogP contribution < -0.4 is 5.32 Å². The Morgan fingerprint density at radius 1 is 1.26 bits per heavy atom. The van der Waals surface area contributed by atoms with Crippen LogP contribution in [0.1, 0.15) is 17.8 Å². The summed E-state index contributed by atoms with van der Waals surface area (Å²) in [6.07, 6.45) is 5.35. The van der Waals surface area contributed by atoms with Crippen LogP contribution in [0.2, 0.25) is 0 Å². The van der Waals surface area contributed by atoms with E-state index >= 15 is 0 Å². The number of ether oxygens (including phenoxy) is 1. The predicted octanol–water partition coefficient (Wildman–Crippen LogP) is 3.03. The first-order valence-corrected chi connectivity index (χ1v) is 11.2. The summed E-state index contributed by atoms with van der Waals surface area (Å²) < 4.78 is 5.16. The van der Waals surface area contributed by atoms with Crippen molar-refractivity contribution in [2.45, 2.75) is 25.8 Å². The van der Waals surface area contributed by atoms with Gasteiger partial charge in [-0.3, -0.25) is 10.3 Å². The van der Waals surface area contributed by atoms with E-state index in [2.05, 4.69) is 37.4 Å². The molecule has 1 aliphatic heterocycles. The summed E-state index contributed by atoms with van der Waals surface area (Å²) in [4.78, 5) is 25.7. The fraction of sp³-hybridized carbons (Fsp3) is 0.476. The summed E-state index contributed by atoms with van der Waals surface area (Å²) in [6, 6.07) is 4.21. The Bertz CT molecular complexity index is 1050. The first-order valence-electron chi connectivity index (χ1n) is 10.3. The van der Waals surface area contributed by atoms with E-state index in [0.29, 0.717) is 11.9 Å². The Kier molecular flexibility index (Phi) is 6.69. The van der Waals surface area contributed by atoms with Crippen molar-refractivity contribution in [1.29, 1.82) is 0 Å². The summed E-state index contributed by atoms with van der Waals surface area (Å²) in [7, 11) is 3.83. The molecule has 0 aromatic carbocycles. The number of urea groups is 1. The lowest BCUT2D eigenvalue weighted by molar-refractivity contribution is 0.106. The van der Waals surface area contributed by atoms with Crippen molar-refractivity contribution in [2.75, 3.05) is 45.7 Å². The third-order valence-electron chi connectivity index (χ3n) is 5.60. The minimum atomic E-state index is -0.117. The molecule has 1 N–H and O–H groups in total. The van der Waals surface area contributed by atoms with Gasteiger partial charge >= 0.3 is 6.03 Å². The molecule has 10 heteroatoms. The van der Waals surface area contributed by atoms with Crippen LogP contribution in [0, 0.1) is 6.92 Å².